The SMILES string of the molecule is COc1ccc(CNC(=O)[C@@H](C)OC(=O)COc2cccc(C(F)(F)F)c2)cc1. The maximum absolute atomic E-state index is 12.7. The molecule has 9 heteroatoms. The van der Waals surface area contributed by atoms with Crippen LogP contribution in [0.1, 0.15) is 18.1 Å². The van der Waals surface area contributed by atoms with Gasteiger partial charge in [-0.2, -0.15) is 13.2 Å². The van der Waals surface area contributed by atoms with E-state index >= 15 is 0 Å². The monoisotopic (exact) mass is 411 g/mol. The van der Waals surface area contributed by atoms with Crippen molar-refractivity contribution >= 4 is 11.9 Å². The van der Waals surface area contributed by atoms with Gasteiger partial charge in [0.05, 0.1) is 12.7 Å². The molecule has 1 atom stereocenters. The molecule has 0 unspecified atom stereocenters. The molecule has 0 aliphatic carbocycles. The van der Waals surface area contributed by atoms with E-state index in [1.165, 1.54) is 19.1 Å². The molecule has 0 bridgehead atoms. The van der Waals surface area contributed by atoms with Gasteiger partial charge in [-0.1, -0.05) is 18.2 Å². The summed E-state index contributed by atoms with van der Waals surface area (Å²) in [7, 11) is 1.55. The van der Waals surface area contributed by atoms with Crippen molar-refractivity contribution in [1.29, 1.82) is 0 Å². The second-order valence-electron chi connectivity index (χ2n) is 6.01. The van der Waals surface area contributed by atoms with Gasteiger partial charge in [-0.25, -0.2) is 4.79 Å². The summed E-state index contributed by atoms with van der Waals surface area (Å²) in [6.07, 6.45) is -5.61. The Morgan fingerprint density at radius 2 is 1.76 bits per heavy atom. The first-order valence-corrected chi connectivity index (χ1v) is 8.59. The van der Waals surface area contributed by atoms with E-state index in [2.05, 4.69) is 5.32 Å². The van der Waals surface area contributed by atoms with Crippen molar-refractivity contribution < 1.29 is 37.0 Å². The number of hydrogen-bond acceptors (Lipinski definition) is 5. The van der Waals surface area contributed by atoms with Crippen LogP contribution in [-0.4, -0.2) is 31.7 Å². The first-order chi connectivity index (χ1) is 13.7. The summed E-state index contributed by atoms with van der Waals surface area (Å²) >= 11 is 0. The molecule has 0 heterocycles. The number of benzene rings is 2. The average Bonchev–Trinajstić information content (AvgIpc) is 2.70. The Morgan fingerprint density at radius 1 is 1.07 bits per heavy atom. The molecule has 0 aromatic heterocycles. The lowest BCUT2D eigenvalue weighted by atomic mass is 10.2. The number of hydrogen-bond donors (Lipinski definition) is 1. The third-order valence-electron chi connectivity index (χ3n) is 3.82. The van der Waals surface area contributed by atoms with E-state index < -0.39 is 36.3 Å². The minimum absolute atomic E-state index is 0.131. The van der Waals surface area contributed by atoms with Crippen molar-refractivity contribution in [3.05, 3.63) is 59.7 Å². The van der Waals surface area contributed by atoms with Crippen LogP contribution in [-0.2, 0) is 27.0 Å². The zero-order valence-corrected chi connectivity index (χ0v) is 15.8. The van der Waals surface area contributed by atoms with Gasteiger partial charge in [0, 0.05) is 6.54 Å². The third-order valence-corrected chi connectivity index (χ3v) is 3.82. The van der Waals surface area contributed by atoms with E-state index in [-0.39, 0.29) is 12.3 Å². The van der Waals surface area contributed by atoms with Crippen LogP contribution >= 0.6 is 0 Å². The quantitative estimate of drug-likeness (QED) is 0.675. The molecular formula is C20H20F3NO5. The molecule has 2 aromatic carbocycles. The van der Waals surface area contributed by atoms with E-state index in [0.717, 1.165) is 17.7 Å². The molecule has 0 spiro atoms. The van der Waals surface area contributed by atoms with Gasteiger partial charge in [0.1, 0.15) is 11.5 Å². The molecule has 156 valence electrons. The lowest BCUT2D eigenvalue weighted by Crippen LogP contribution is -2.36. The minimum atomic E-state index is -4.52. The molecule has 0 radical (unpaired) electrons. The number of ether oxygens (including phenoxy) is 3. The molecule has 29 heavy (non-hydrogen) atoms. The Kier molecular flexibility index (Phi) is 7.46. The highest BCUT2D eigenvalue weighted by Crippen LogP contribution is 2.31. The first-order valence-electron chi connectivity index (χ1n) is 8.59. The Balaban J connectivity index is 1.78. The van der Waals surface area contributed by atoms with Crippen molar-refractivity contribution in [3.63, 3.8) is 0 Å². The Morgan fingerprint density at radius 3 is 2.38 bits per heavy atom. The highest BCUT2D eigenvalue weighted by molar-refractivity contribution is 5.83. The Labute approximate surface area is 165 Å². The van der Waals surface area contributed by atoms with Crippen LogP contribution in [0.5, 0.6) is 11.5 Å². The summed E-state index contributed by atoms with van der Waals surface area (Å²) in [5.41, 5.74) is -0.0693. The van der Waals surface area contributed by atoms with E-state index in [1.807, 2.05) is 0 Å². The van der Waals surface area contributed by atoms with Crippen molar-refractivity contribution in [2.45, 2.75) is 25.7 Å². The van der Waals surface area contributed by atoms with Crippen LogP contribution in [0.4, 0.5) is 13.2 Å². The van der Waals surface area contributed by atoms with Gasteiger partial charge in [-0.15, -0.1) is 0 Å². The summed E-state index contributed by atoms with van der Waals surface area (Å²) in [5.74, 6) is -0.848. The van der Waals surface area contributed by atoms with Crippen LogP contribution in [0.2, 0.25) is 0 Å². The maximum Gasteiger partial charge on any atom is 0.416 e. The van der Waals surface area contributed by atoms with Gasteiger partial charge in [0.25, 0.3) is 5.91 Å². The molecule has 0 fully saturated rings. The predicted octanol–water partition coefficient (Wildman–Crippen LogP) is 3.34. The zero-order chi connectivity index (χ0) is 21.4. The van der Waals surface area contributed by atoms with E-state index in [4.69, 9.17) is 14.2 Å². The molecule has 1 N–H and O–H groups in total. The Hall–Kier alpha value is -3.23. The first kappa shape index (κ1) is 22.1. The molecule has 1 amide bonds. The molecule has 0 saturated carbocycles. The van der Waals surface area contributed by atoms with Crippen LogP contribution in [0.25, 0.3) is 0 Å². The van der Waals surface area contributed by atoms with Gasteiger partial charge < -0.3 is 19.5 Å². The third kappa shape index (κ3) is 7.02. The number of nitrogens with one attached hydrogen (secondary N) is 1. The fourth-order valence-electron chi connectivity index (χ4n) is 2.27. The topological polar surface area (TPSA) is 73.9 Å². The number of amides is 1. The highest BCUT2D eigenvalue weighted by atomic mass is 19.4. The molecule has 2 aromatic rings. The predicted molar refractivity (Wildman–Crippen MR) is 97.3 cm³/mol. The molecule has 0 aliphatic heterocycles. The Bertz CT molecular complexity index is 837. The van der Waals surface area contributed by atoms with Crippen molar-refractivity contribution in [2.75, 3.05) is 13.7 Å². The van der Waals surface area contributed by atoms with Gasteiger partial charge >= 0.3 is 12.1 Å². The summed E-state index contributed by atoms with van der Waals surface area (Å²) in [6.45, 7) is 0.981. The molecule has 0 aliphatic rings. The summed E-state index contributed by atoms with van der Waals surface area (Å²) in [4.78, 5) is 23.8. The van der Waals surface area contributed by atoms with Gasteiger partial charge in [0.2, 0.25) is 0 Å². The number of methoxy groups -OCH3 is 1. The number of alkyl halides is 3. The summed E-state index contributed by atoms with van der Waals surface area (Å²) < 4.78 is 53.0. The largest absolute Gasteiger partial charge is 0.497 e. The van der Waals surface area contributed by atoms with Crippen LogP contribution < -0.4 is 14.8 Å². The minimum Gasteiger partial charge on any atom is -0.497 e. The molecule has 2 rings (SSSR count). The van der Waals surface area contributed by atoms with Crippen LogP contribution in [0, 0.1) is 0 Å². The molecule has 6 nitrogen and oxygen atoms in total. The number of esters is 1. The average molecular weight is 411 g/mol. The summed E-state index contributed by atoms with van der Waals surface area (Å²) in [6, 6.07) is 11.2. The second-order valence-corrected chi connectivity index (χ2v) is 6.01. The van der Waals surface area contributed by atoms with Crippen LogP contribution in [0.3, 0.4) is 0 Å². The van der Waals surface area contributed by atoms with Crippen LogP contribution in [0.15, 0.2) is 48.5 Å². The number of halogens is 3. The lowest BCUT2D eigenvalue weighted by Gasteiger charge is -2.14. The fraction of sp³-hybridized carbons (Fsp3) is 0.300. The number of rotatable bonds is 8. The number of carbonyl (C=O) groups excluding carboxylic acids is 2. The van der Waals surface area contributed by atoms with Crippen molar-refractivity contribution in [2.24, 2.45) is 0 Å². The molecule has 0 saturated heterocycles. The van der Waals surface area contributed by atoms with Gasteiger partial charge in [-0.05, 0) is 42.8 Å². The van der Waals surface area contributed by atoms with Crippen molar-refractivity contribution in [3.8, 4) is 11.5 Å². The fourth-order valence-corrected chi connectivity index (χ4v) is 2.27. The van der Waals surface area contributed by atoms with Gasteiger partial charge in [-0.3, -0.25) is 4.79 Å². The second kappa shape index (κ2) is 9.81. The van der Waals surface area contributed by atoms with E-state index in [9.17, 15) is 22.8 Å². The van der Waals surface area contributed by atoms with E-state index in [0.29, 0.717) is 5.75 Å². The highest BCUT2D eigenvalue weighted by Gasteiger charge is 2.30. The standard InChI is InChI=1S/C20H20F3NO5/c1-13(19(26)24-11-14-6-8-16(27-2)9-7-14)29-18(25)12-28-17-5-3-4-15(10-17)20(21,22)23/h3-10,13H,11-12H2,1-2H3,(H,24,26)/t13-/m1/s1. The van der Waals surface area contributed by atoms with Crippen molar-refractivity contribution in [1.82, 2.24) is 5.32 Å². The smallest absolute Gasteiger partial charge is 0.416 e. The normalized spacial score (nSPS) is 12.0. The number of carbonyl (C=O) groups is 2. The van der Waals surface area contributed by atoms with E-state index in [1.54, 1.807) is 31.4 Å². The summed E-state index contributed by atoms with van der Waals surface area (Å²) in [5, 5.41) is 2.62. The lowest BCUT2D eigenvalue weighted by molar-refractivity contribution is -0.156. The zero-order valence-electron chi connectivity index (χ0n) is 15.8. The van der Waals surface area contributed by atoms with Gasteiger partial charge in [0.15, 0.2) is 12.7 Å². The maximum atomic E-state index is 12.7. The molecular weight excluding hydrogens is 391 g/mol.